The minimum absolute atomic E-state index is 0.188. The zero-order valence-electron chi connectivity index (χ0n) is 13.7. The predicted octanol–water partition coefficient (Wildman–Crippen LogP) is 2.39. The van der Waals surface area contributed by atoms with Gasteiger partial charge in [0.05, 0.1) is 0 Å². The Labute approximate surface area is 140 Å². The fourth-order valence-electron chi connectivity index (χ4n) is 1.88. The van der Waals surface area contributed by atoms with Crippen molar-refractivity contribution in [2.24, 2.45) is 0 Å². The minimum Gasteiger partial charge on any atom is -0.484 e. The molecule has 2 N–H and O–H groups in total. The molecule has 0 atom stereocenters. The Morgan fingerprint density at radius 1 is 1.12 bits per heavy atom. The minimum atomic E-state index is -0.468. The second-order valence-electron chi connectivity index (χ2n) is 5.11. The number of carbonyl (C=O) groups excluding carboxylic acids is 2. The molecule has 0 bridgehead atoms. The average molecular weight is 328 g/mol. The molecule has 1 heterocycles. The van der Waals surface area contributed by atoms with Crippen molar-refractivity contribution < 1.29 is 18.7 Å². The summed E-state index contributed by atoms with van der Waals surface area (Å²) in [5.41, 5.74) is 5.73. The van der Waals surface area contributed by atoms with Crippen molar-refractivity contribution in [3.63, 3.8) is 0 Å². The Balaban J connectivity index is 1.70. The molecule has 2 aromatic rings. The van der Waals surface area contributed by atoms with Gasteiger partial charge in [-0.15, -0.1) is 0 Å². The molecule has 2 rings (SSSR count). The Hall–Kier alpha value is -3.02. The number of ether oxygens (including phenoxy) is 1. The lowest BCUT2D eigenvalue weighted by Crippen LogP contribution is -2.43. The van der Waals surface area contributed by atoms with E-state index in [0.29, 0.717) is 11.5 Å². The summed E-state index contributed by atoms with van der Waals surface area (Å²) in [6.07, 6.45) is 3.72. The van der Waals surface area contributed by atoms with Crippen LogP contribution in [0, 0.1) is 6.92 Å². The Morgan fingerprint density at radius 3 is 2.50 bits per heavy atom. The summed E-state index contributed by atoms with van der Waals surface area (Å²) in [4.78, 5) is 23.2. The maximum Gasteiger partial charge on any atom is 0.276 e. The van der Waals surface area contributed by atoms with Crippen molar-refractivity contribution in [3.8, 4) is 5.75 Å². The van der Waals surface area contributed by atoms with E-state index in [1.165, 1.54) is 17.7 Å². The Morgan fingerprint density at radius 2 is 1.88 bits per heavy atom. The van der Waals surface area contributed by atoms with Gasteiger partial charge in [0.1, 0.15) is 17.3 Å². The van der Waals surface area contributed by atoms with Crippen molar-refractivity contribution in [1.29, 1.82) is 0 Å². The number of carbonyl (C=O) groups is 2. The lowest BCUT2D eigenvalue weighted by Gasteiger charge is -2.08. The van der Waals surface area contributed by atoms with E-state index in [2.05, 4.69) is 17.8 Å². The Bertz CT molecular complexity index is 717. The third kappa shape index (κ3) is 5.64. The highest BCUT2D eigenvalue weighted by Gasteiger charge is 2.04. The van der Waals surface area contributed by atoms with Crippen LogP contribution in [0.15, 0.2) is 46.9 Å². The molecule has 126 valence electrons. The highest BCUT2D eigenvalue weighted by Crippen LogP contribution is 2.12. The molecular formula is C18H20N2O4. The number of aryl methyl sites for hydroxylation is 2. The molecule has 24 heavy (non-hydrogen) atoms. The summed E-state index contributed by atoms with van der Waals surface area (Å²) in [5, 5.41) is 0. The van der Waals surface area contributed by atoms with E-state index in [1.807, 2.05) is 19.1 Å². The van der Waals surface area contributed by atoms with Gasteiger partial charge in [0, 0.05) is 6.08 Å². The van der Waals surface area contributed by atoms with Crippen LogP contribution < -0.4 is 15.6 Å². The van der Waals surface area contributed by atoms with Crippen LogP contribution in [0.25, 0.3) is 6.08 Å². The van der Waals surface area contributed by atoms with Gasteiger partial charge in [0.25, 0.3) is 11.8 Å². The quantitative estimate of drug-likeness (QED) is 0.630. The number of furan rings is 1. The van der Waals surface area contributed by atoms with Gasteiger partial charge < -0.3 is 9.15 Å². The number of rotatable bonds is 6. The second-order valence-corrected chi connectivity index (χ2v) is 5.11. The molecule has 0 saturated heterocycles. The molecular weight excluding hydrogens is 308 g/mol. The molecule has 0 saturated carbocycles. The predicted molar refractivity (Wildman–Crippen MR) is 90.1 cm³/mol. The summed E-state index contributed by atoms with van der Waals surface area (Å²) in [6, 6.07) is 11.0. The summed E-state index contributed by atoms with van der Waals surface area (Å²) in [5.74, 6) is 0.997. The van der Waals surface area contributed by atoms with E-state index in [1.54, 1.807) is 24.3 Å². The maximum absolute atomic E-state index is 11.6. The van der Waals surface area contributed by atoms with Gasteiger partial charge in [-0.3, -0.25) is 20.4 Å². The monoisotopic (exact) mass is 328 g/mol. The first kappa shape index (κ1) is 17.3. The van der Waals surface area contributed by atoms with Gasteiger partial charge in [-0.1, -0.05) is 19.1 Å². The van der Waals surface area contributed by atoms with E-state index >= 15 is 0 Å². The molecule has 0 spiro atoms. The summed E-state index contributed by atoms with van der Waals surface area (Å²) >= 11 is 0. The maximum atomic E-state index is 11.6. The van der Waals surface area contributed by atoms with E-state index in [9.17, 15) is 9.59 Å². The molecule has 0 unspecified atom stereocenters. The first-order valence-electron chi connectivity index (χ1n) is 7.62. The third-order valence-electron chi connectivity index (χ3n) is 3.19. The van der Waals surface area contributed by atoms with Gasteiger partial charge in [-0.05, 0) is 49.2 Å². The summed E-state index contributed by atoms with van der Waals surface area (Å²) in [6.45, 7) is 3.69. The molecule has 2 amide bonds. The number of hydrazine groups is 1. The SMILES string of the molecule is CCc1ccc(OCC(=O)NNC(=O)/C=C/c2ccc(C)o2)cc1. The van der Waals surface area contributed by atoms with Gasteiger partial charge in [-0.25, -0.2) is 0 Å². The standard InChI is InChI=1S/C18H20N2O4/c1-3-14-5-8-15(9-6-14)23-12-18(22)20-19-17(21)11-10-16-7-4-13(2)24-16/h4-11H,3,12H2,1-2H3,(H,19,21)(H,20,22)/b11-10+. The first-order valence-corrected chi connectivity index (χ1v) is 7.62. The number of benzene rings is 1. The van der Waals surface area contributed by atoms with Crippen molar-refractivity contribution in [1.82, 2.24) is 10.9 Å². The van der Waals surface area contributed by atoms with E-state index in [4.69, 9.17) is 9.15 Å². The van der Waals surface area contributed by atoms with Crippen LogP contribution in [-0.4, -0.2) is 18.4 Å². The van der Waals surface area contributed by atoms with Crippen LogP contribution in [0.2, 0.25) is 0 Å². The molecule has 6 nitrogen and oxygen atoms in total. The fraction of sp³-hybridized carbons (Fsp3) is 0.222. The third-order valence-corrected chi connectivity index (χ3v) is 3.19. The first-order chi connectivity index (χ1) is 11.6. The van der Waals surface area contributed by atoms with Gasteiger partial charge >= 0.3 is 0 Å². The molecule has 0 aliphatic rings. The lowest BCUT2D eigenvalue weighted by atomic mass is 10.2. The number of hydrogen-bond acceptors (Lipinski definition) is 4. The molecule has 0 aliphatic carbocycles. The summed E-state index contributed by atoms with van der Waals surface area (Å²) in [7, 11) is 0. The van der Waals surface area contributed by atoms with Gasteiger partial charge in [0.2, 0.25) is 0 Å². The topological polar surface area (TPSA) is 80.6 Å². The number of amides is 2. The fourth-order valence-corrected chi connectivity index (χ4v) is 1.88. The molecule has 6 heteroatoms. The molecule has 0 radical (unpaired) electrons. The lowest BCUT2D eigenvalue weighted by molar-refractivity contribution is -0.128. The van der Waals surface area contributed by atoms with Crippen molar-refractivity contribution >= 4 is 17.9 Å². The second kappa shape index (κ2) is 8.57. The van der Waals surface area contributed by atoms with Crippen LogP contribution in [0.1, 0.15) is 24.0 Å². The van der Waals surface area contributed by atoms with Crippen LogP contribution >= 0.6 is 0 Å². The van der Waals surface area contributed by atoms with Crippen molar-refractivity contribution in [2.45, 2.75) is 20.3 Å². The van der Waals surface area contributed by atoms with Crippen LogP contribution in [0.3, 0.4) is 0 Å². The van der Waals surface area contributed by atoms with E-state index in [0.717, 1.165) is 12.2 Å². The molecule has 1 aromatic carbocycles. The highest BCUT2D eigenvalue weighted by molar-refractivity contribution is 5.92. The van der Waals surface area contributed by atoms with Gasteiger partial charge in [-0.2, -0.15) is 0 Å². The zero-order chi connectivity index (χ0) is 17.4. The molecule has 0 aliphatic heterocycles. The largest absolute Gasteiger partial charge is 0.484 e. The van der Waals surface area contributed by atoms with E-state index in [-0.39, 0.29) is 6.61 Å². The van der Waals surface area contributed by atoms with Crippen molar-refractivity contribution in [2.75, 3.05) is 6.61 Å². The van der Waals surface area contributed by atoms with E-state index < -0.39 is 11.8 Å². The zero-order valence-corrected chi connectivity index (χ0v) is 13.7. The van der Waals surface area contributed by atoms with Gasteiger partial charge in [0.15, 0.2) is 6.61 Å². The highest BCUT2D eigenvalue weighted by atomic mass is 16.5. The van der Waals surface area contributed by atoms with Crippen molar-refractivity contribution in [3.05, 3.63) is 59.6 Å². The normalized spacial score (nSPS) is 10.6. The molecule has 1 aromatic heterocycles. The number of hydrogen-bond donors (Lipinski definition) is 2. The Kier molecular flexibility index (Phi) is 6.19. The average Bonchev–Trinajstić information content (AvgIpc) is 3.02. The summed E-state index contributed by atoms with van der Waals surface area (Å²) < 4.78 is 10.6. The van der Waals surface area contributed by atoms with Crippen LogP contribution in [0.5, 0.6) is 5.75 Å². The van der Waals surface area contributed by atoms with Crippen LogP contribution in [-0.2, 0) is 16.0 Å². The smallest absolute Gasteiger partial charge is 0.276 e. The van der Waals surface area contributed by atoms with Crippen LogP contribution in [0.4, 0.5) is 0 Å². The molecule has 0 fully saturated rings. The number of nitrogens with one attached hydrogen (secondary N) is 2.